The van der Waals surface area contributed by atoms with Crippen LogP contribution in [-0.4, -0.2) is 12.4 Å². The number of halogens is 2. The van der Waals surface area contributed by atoms with Crippen LogP contribution in [0.1, 0.15) is 24.8 Å². The van der Waals surface area contributed by atoms with Gasteiger partial charge < -0.3 is 4.90 Å². The summed E-state index contributed by atoms with van der Waals surface area (Å²) in [5.74, 6) is 0.687. The number of nitrogens with zero attached hydrogens (tertiary/aromatic N) is 1. The van der Waals surface area contributed by atoms with Gasteiger partial charge in [-0.05, 0) is 53.4 Å². The Bertz CT molecular complexity index is 431. The van der Waals surface area contributed by atoms with E-state index in [1.165, 1.54) is 0 Å². The number of hydrogen-bond acceptors (Lipinski definition) is 1. The number of anilines is 1. The van der Waals surface area contributed by atoms with Crippen LogP contribution < -0.4 is 4.90 Å². The highest BCUT2D eigenvalue weighted by Gasteiger charge is 2.19. The number of amidine groups is 1. The Hall–Kier alpha value is -0.540. The monoisotopic (exact) mass is 300 g/mol. The molecule has 0 bridgehead atoms. The molecule has 1 aliphatic heterocycles. The van der Waals surface area contributed by atoms with Gasteiger partial charge in [0.1, 0.15) is 5.84 Å². The summed E-state index contributed by atoms with van der Waals surface area (Å²) in [7, 11) is 0. The predicted molar refractivity (Wildman–Crippen MR) is 72.8 cm³/mol. The van der Waals surface area contributed by atoms with Crippen molar-refractivity contribution in [3.63, 3.8) is 0 Å². The van der Waals surface area contributed by atoms with Crippen molar-refractivity contribution < 1.29 is 0 Å². The minimum atomic E-state index is 0.687. The number of piperidine rings is 1. The summed E-state index contributed by atoms with van der Waals surface area (Å²) in [5.41, 5.74) is 2.07. The van der Waals surface area contributed by atoms with Crippen molar-refractivity contribution in [2.45, 2.75) is 26.2 Å². The first kappa shape index (κ1) is 11.9. The van der Waals surface area contributed by atoms with Gasteiger partial charge in [0.2, 0.25) is 0 Å². The van der Waals surface area contributed by atoms with Crippen LogP contribution in [0.2, 0.25) is 5.02 Å². The topological polar surface area (TPSA) is 27.1 Å². The summed E-state index contributed by atoms with van der Waals surface area (Å²) in [4.78, 5) is 2.04. The highest BCUT2D eigenvalue weighted by atomic mass is 79.9. The third-order valence-electron chi connectivity index (χ3n) is 2.89. The van der Waals surface area contributed by atoms with E-state index in [1.807, 2.05) is 24.0 Å². The molecule has 86 valence electrons. The second kappa shape index (κ2) is 4.76. The van der Waals surface area contributed by atoms with Crippen LogP contribution in [0.3, 0.4) is 0 Å². The zero-order chi connectivity index (χ0) is 11.7. The lowest BCUT2D eigenvalue weighted by atomic mass is 10.1. The van der Waals surface area contributed by atoms with Crippen LogP contribution in [0, 0.1) is 12.3 Å². The molecule has 1 aromatic rings. The molecule has 0 unspecified atom stereocenters. The second-order valence-corrected chi connectivity index (χ2v) is 5.37. The maximum Gasteiger partial charge on any atom is 0.100 e. The van der Waals surface area contributed by atoms with Crippen molar-refractivity contribution in [3.8, 4) is 0 Å². The fourth-order valence-electron chi connectivity index (χ4n) is 1.94. The van der Waals surface area contributed by atoms with Gasteiger partial charge in [-0.2, -0.15) is 0 Å². The standard InChI is InChI=1S/C12H14BrClN2/c1-8-6-9(13)11(7-10(8)14)16-5-3-2-4-12(16)15/h6-7,15H,2-5H2,1H3. The average Bonchev–Trinajstić information content (AvgIpc) is 2.25. The van der Waals surface area contributed by atoms with Crippen molar-refractivity contribution in [3.05, 3.63) is 27.2 Å². The zero-order valence-electron chi connectivity index (χ0n) is 9.19. The lowest BCUT2D eigenvalue weighted by Gasteiger charge is -2.30. The molecule has 1 aliphatic rings. The highest BCUT2D eigenvalue weighted by molar-refractivity contribution is 9.10. The van der Waals surface area contributed by atoms with Crippen LogP contribution in [0.5, 0.6) is 0 Å². The molecule has 1 heterocycles. The summed E-state index contributed by atoms with van der Waals surface area (Å²) in [5, 5.41) is 8.73. The Morgan fingerprint density at radius 3 is 2.81 bits per heavy atom. The number of rotatable bonds is 1. The molecule has 1 N–H and O–H groups in total. The van der Waals surface area contributed by atoms with Crippen LogP contribution in [-0.2, 0) is 0 Å². The van der Waals surface area contributed by atoms with Gasteiger partial charge in [-0.1, -0.05) is 11.6 Å². The smallest absolute Gasteiger partial charge is 0.100 e. The van der Waals surface area contributed by atoms with Gasteiger partial charge >= 0.3 is 0 Å². The van der Waals surface area contributed by atoms with Crippen molar-refractivity contribution in [2.24, 2.45) is 0 Å². The minimum absolute atomic E-state index is 0.687. The van der Waals surface area contributed by atoms with Crippen molar-refractivity contribution in [1.82, 2.24) is 0 Å². The first-order valence-electron chi connectivity index (χ1n) is 5.40. The molecule has 0 aromatic heterocycles. The van der Waals surface area contributed by atoms with Crippen LogP contribution in [0.25, 0.3) is 0 Å². The molecule has 0 saturated carbocycles. The molecular formula is C12H14BrClN2. The molecule has 1 aromatic carbocycles. The molecule has 0 spiro atoms. The van der Waals surface area contributed by atoms with E-state index in [0.29, 0.717) is 5.84 Å². The fourth-order valence-corrected chi connectivity index (χ4v) is 2.77. The number of aryl methyl sites for hydroxylation is 1. The van der Waals surface area contributed by atoms with Crippen LogP contribution in [0.15, 0.2) is 16.6 Å². The number of nitrogens with one attached hydrogen (secondary N) is 1. The molecule has 1 saturated heterocycles. The summed E-state index contributed by atoms with van der Waals surface area (Å²) in [6, 6.07) is 3.96. The molecule has 16 heavy (non-hydrogen) atoms. The van der Waals surface area contributed by atoms with E-state index in [1.54, 1.807) is 0 Å². The maximum absolute atomic E-state index is 7.97. The molecule has 0 amide bonds. The highest BCUT2D eigenvalue weighted by Crippen LogP contribution is 2.33. The third-order valence-corrected chi connectivity index (χ3v) is 3.93. The molecule has 0 aliphatic carbocycles. The zero-order valence-corrected chi connectivity index (χ0v) is 11.5. The molecular weight excluding hydrogens is 288 g/mol. The lowest BCUT2D eigenvalue weighted by molar-refractivity contribution is 0.707. The van der Waals surface area contributed by atoms with E-state index in [-0.39, 0.29) is 0 Å². The Morgan fingerprint density at radius 1 is 1.38 bits per heavy atom. The SMILES string of the molecule is Cc1cc(Br)c(N2CCCCC2=N)cc1Cl. The van der Waals surface area contributed by atoms with Gasteiger partial charge in [0.05, 0.1) is 5.69 Å². The van der Waals surface area contributed by atoms with Crippen molar-refractivity contribution in [1.29, 1.82) is 5.41 Å². The van der Waals surface area contributed by atoms with Crippen LogP contribution in [0.4, 0.5) is 5.69 Å². The van der Waals surface area contributed by atoms with Crippen LogP contribution >= 0.6 is 27.5 Å². The van der Waals surface area contributed by atoms with Crippen molar-refractivity contribution >= 4 is 39.1 Å². The first-order chi connectivity index (χ1) is 7.59. The summed E-state index contributed by atoms with van der Waals surface area (Å²) < 4.78 is 1.01. The molecule has 4 heteroatoms. The van der Waals surface area contributed by atoms with E-state index in [4.69, 9.17) is 17.0 Å². The minimum Gasteiger partial charge on any atom is -0.329 e. The maximum atomic E-state index is 7.97. The Morgan fingerprint density at radius 2 is 2.12 bits per heavy atom. The number of hydrogen-bond donors (Lipinski definition) is 1. The van der Waals surface area contributed by atoms with Gasteiger partial charge in [-0.3, -0.25) is 5.41 Å². The molecule has 1 fully saturated rings. The first-order valence-corrected chi connectivity index (χ1v) is 6.57. The molecule has 2 rings (SSSR count). The molecule has 0 radical (unpaired) electrons. The van der Waals surface area contributed by atoms with Gasteiger partial charge in [0.25, 0.3) is 0 Å². The quantitative estimate of drug-likeness (QED) is 0.819. The second-order valence-electron chi connectivity index (χ2n) is 4.11. The average molecular weight is 302 g/mol. The third kappa shape index (κ3) is 2.25. The largest absolute Gasteiger partial charge is 0.329 e. The normalized spacial score (nSPS) is 16.7. The van der Waals surface area contributed by atoms with Gasteiger partial charge in [0.15, 0.2) is 0 Å². The van der Waals surface area contributed by atoms with E-state index >= 15 is 0 Å². The van der Waals surface area contributed by atoms with Gasteiger partial charge in [0, 0.05) is 22.5 Å². The Balaban J connectivity index is 2.39. The summed E-state index contributed by atoms with van der Waals surface area (Å²) in [6.07, 6.45) is 3.12. The summed E-state index contributed by atoms with van der Waals surface area (Å²) >= 11 is 9.68. The van der Waals surface area contributed by atoms with Crippen molar-refractivity contribution in [2.75, 3.05) is 11.4 Å². The molecule has 2 nitrogen and oxygen atoms in total. The lowest BCUT2D eigenvalue weighted by Crippen LogP contribution is -2.34. The summed E-state index contributed by atoms with van der Waals surface area (Å²) in [6.45, 7) is 2.90. The fraction of sp³-hybridized carbons (Fsp3) is 0.417. The predicted octanol–water partition coefficient (Wildman–Crippen LogP) is 4.38. The number of benzene rings is 1. The van der Waals surface area contributed by atoms with E-state index < -0.39 is 0 Å². The van der Waals surface area contributed by atoms with E-state index in [2.05, 4.69) is 15.9 Å². The van der Waals surface area contributed by atoms with Gasteiger partial charge in [-0.25, -0.2) is 0 Å². The Labute approximate surface area is 109 Å². The van der Waals surface area contributed by atoms with E-state index in [9.17, 15) is 0 Å². The van der Waals surface area contributed by atoms with Gasteiger partial charge in [-0.15, -0.1) is 0 Å². The van der Waals surface area contributed by atoms with E-state index in [0.717, 1.165) is 46.6 Å². The Kier molecular flexibility index (Phi) is 3.55. The molecule has 0 atom stereocenters.